The number of hydrogen-bond acceptors (Lipinski definition) is 4. The molecular weight excluding hydrogens is 336 g/mol. The molecule has 0 saturated heterocycles. The highest BCUT2D eigenvalue weighted by atomic mass is 32.2. The van der Waals surface area contributed by atoms with Crippen molar-refractivity contribution in [3.8, 4) is 0 Å². The van der Waals surface area contributed by atoms with Crippen LogP contribution in [0.2, 0.25) is 0 Å². The fraction of sp³-hybridized carbons (Fsp3) is 0.600. The largest absolute Gasteiger partial charge is 0.238 e. The van der Waals surface area contributed by atoms with Crippen molar-refractivity contribution in [1.29, 1.82) is 0 Å². The zero-order valence-corrected chi connectivity index (χ0v) is 14.7. The van der Waals surface area contributed by atoms with Gasteiger partial charge in [0.1, 0.15) is 0 Å². The van der Waals surface area contributed by atoms with Crippen LogP contribution in [0, 0.1) is 18.8 Å². The normalized spacial score (nSPS) is 24.8. The molecule has 23 heavy (non-hydrogen) atoms. The third-order valence-electron chi connectivity index (χ3n) is 5.26. The van der Waals surface area contributed by atoms with Crippen LogP contribution in [0.4, 0.5) is 0 Å². The van der Waals surface area contributed by atoms with E-state index in [1.54, 1.807) is 13.0 Å². The van der Waals surface area contributed by atoms with Crippen molar-refractivity contribution in [3.63, 3.8) is 0 Å². The zero-order chi connectivity index (χ0) is 17.0. The van der Waals surface area contributed by atoms with E-state index in [1.165, 1.54) is 0 Å². The Balaban J connectivity index is 2.40. The molecule has 5 aliphatic carbocycles. The summed E-state index contributed by atoms with van der Waals surface area (Å²) in [4.78, 5) is -0.110. The molecule has 1 aromatic rings. The number of hydrogen-bond donors (Lipinski definition) is 2. The van der Waals surface area contributed by atoms with Crippen LogP contribution in [0.1, 0.15) is 42.4 Å². The van der Waals surface area contributed by atoms with E-state index in [0.29, 0.717) is 24.3 Å². The minimum atomic E-state index is -4.02. The fourth-order valence-corrected chi connectivity index (χ4v) is 6.12. The molecule has 4 N–H and O–H groups in total. The zero-order valence-electron chi connectivity index (χ0n) is 13.1. The molecule has 1 saturated carbocycles. The monoisotopic (exact) mass is 358 g/mol. The summed E-state index contributed by atoms with van der Waals surface area (Å²) in [7, 11) is -8.03. The van der Waals surface area contributed by atoms with E-state index >= 15 is 0 Å². The Morgan fingerprint density at radius 2 is 1.43 bits per heavy atom. The molecule has 0 atom stereocenters. The second-order valence-electron chi connectivity index (χ2n) is 6.85. The van der Waals surface area contributed by atoms with Gasteiger partial charge in [-0.2, -0.15) is 0 Å². The Morgan fingerprint density at radius 3 is 1.91 bits per heavy atom. The summed E-state index contributed by atoms with van der Waals surface area (Å²) in [6, 6.07) is 1.56. The molecule has 0 spiro atoms. The van der Waals surface area contributed by atoms with Crippen molar-refractivity contribution in [2.45, 2.75) is 55.2 Å². The van der Waals surface area contributed by atoms with Gasteiger partial charge in [0.2, 0.25) is 20.0 Å². The quantitative estimate of drug-likeness (QED) is 0.825. The molecule has 0 aromatic heterocycles. The van der Waals surface area contributed by atoms with Gasteiger partial charge >= 0.3 is 0 Å². The van der Waals surface area contributed by atoms with Gasteiger partial charge in [0, 0.05) is 0 Å². The Morgan fingerprint density at radius 1 is 0.913 bits per heavy atom. The molecule has 4 bridgehead atoms. The van der Waals surface area contributed by atoms with E-state index in [2.05, 4.69) is 0 Å². The molecule has 0 heterocycles. The third kappa shape index (κ3) is 3.17. The van der Waals surface area contributed by atoms with Crippen molar-refractivity contribution in [2.24, 2.45) is 22.1 Å². The lowest BCUT2D eigenvalue weighted by atomic mass is 9.75. The number of rotatable bonds is 2. The molecule has 8 heteroatoms. The van der Waals surface area contributed by atoms with Gasteiger partial charge in [0.25, 0.3) is 0 Å². The van der Waals surface area contributed by atoms with Crippen molar-refractivity contribution in [2.75, 3.05) is 0 Å². The summed E-state index contributed by atoms with van der Waals surface area (Å²) in [5.74, 6) is 0.728. The minimum Gasteiger partial charge on any atom is -0.225 e. The standard InChI is InChI=1S/C15H22N2O4S2/c1-9-12-6-10-2-4-11(5-3-10)7-13(15(9)23(17,20)21)14(8-12)22(16,18)19/h8,10-11H,2-7H2,1H3,(H2,16,18,19)(H2,17,20,21). The SMILES string of the molecule is Cc1c2cc(S(N)(=O)=O)c(c1S(N)(=O)=O)CC1CCC(CC1)C2. The van der Waals surface area contributed by atoms with E-state index in [0.717, 1.165) is 31.2 Å². The molecule has 5 aliphatic rings. The molecule has 6 rings (SSSR count). The van der Waals surface area contributed by atoms with Gasteiger partial charge in [0.05, 0.1) is 9.79 Å². The second-order valence-corrected chi connectivity index (χ2v) is 9.88. The summed E-state index contributed by atoms with van der Waals surface area (Å²) in [6.45, 7) is 1.71. The highest BCUT2D eigenvalue weighted by molar-refractivity contribution is 7.90. The molecule has 128 valence electrons. The van der Waals surface area contributed by atoms with Crippen LogP contribution in [0.25, 0.3) is 0 Å². The Bertz CT molecular complexity index is 852. The maximum absolute atomic E-state index is 12.2. The first-order valence-corrected chi connectivity index (χ1v) is 10.9. The number of benzene rings is 1. The summed E-state index contributed by atoms with van der Waals surface area (Å²) < 4.78 is 48.4. The van der Waals surface area contributed by atoms with E-state index in [1.807, 2.05) is 0 Å². The van der Waals surface area contributed by atoms with Crippen molar-refractivity contribution in [1.82, 2.24) is 0 Å². The number of primary sulfonamides is 2. The van der Waals surface area contributed by atoms with Crippen LogP contribution in [-0.2, 0) is 32.9 Å². The van der Waals surface area contributed by atoms with Crippen LogP contribution in [-0.4, -0.2) is 16.8 Å². The summed E-state index contributed by atoms with van der Waals surface area (Å²) >= 11 is 0. The van der Waals surface area contributed by atoms with Gasteiger partial charge in [-0.15, -0.1) is 0 Å². The maximum Gasteiger partial charge on any atom is 0.238 e. The Hall–Kier alpha value is -0.960. The molecule has 6 nitrogen and oxygen atoms in total. The summed E-state index contributed by atoms with van der Waals surface area (Å²) in [5.41, 5.74) is 1.58. The Kier molecular flexibility index (Phi) is 4.07. The molecular formula is C15H22N2O4S2. The van der Waals surface area contributed by atoms with E-state index < -0.39 is 20.0 Å². The lowest BCUT2D eigenvalue weighted by molar-refractivity contribution is 0.267. The van der Waals surface area contributed by atoms with Gasteiger partial charge < -0.3 is 0 Å². The lowest BCUT2D eigenvalue weighted by Crippen LogP contribution is -2.27. The topological polar surface area (TPSA) is 120 Å². The molecule has 0 amide bonds. The first-order chi connectivity index (χ1) is 10.6. The first-order valence-electron chi connectivity index (χ1n) is 7.78. The smallest absolute Gasteiger partial charge is 0.225 e. The predicted octanol–water partition coefficient (Wildman–Crippen LogP) is 1.19. The van der Waals surface area contributed by atoms with Gasteiger partial charge in [-0.05, 0) is 80.0 Å². The first kappa shape index (κ1) is 16.9. The Labute approximate surface area is 137 Å². The molecule has 0 aliphatic heterocycles. The molecule has 1 aromatic carbocycles. The second kappa shape index (κ2) is 5.54. The van der Waals surface area contributed by atoms with E-state index in [-0.39, 0.29) is 21.3 Å². The number of nitrogens with two attached hydrogens (primary N) is 2. The van der Waals surface area contributed by atoms with Crippen LogP contribution in [0.15, 0.2) is 15.9 Å². The van der Waals surface area contributed by atoms with Crippen molar-refractivity contribution in [3.05, 3.63) is 22.8 Å². The lowest BCUT2D eigenvalue weighted by Gasteiger charge is -2.33. The minimum absolute atomic E-state index is 0.0356. The fourth-order valence-electron chi connectivity index (χ4n) is 4.12. The summed E-state index contributed by atoms with van der Waals surface area (Å²) in [6.07, 6.45) is 5.22. The maximum atomic E-state index is 12.2. The molecule has 1 fully saturated rings. The average molecular weight is 358 g/mol. The van der Waals surface area contributed by atoms with Gasteiger partial charge in [0.15, 0.2) is 0 Å². The van der Waals surface area contributed by atoms with Crippen molar-refractivity contribution < 1.29 is 16.8 Å². The van der Waals surface area contributed by atoms with Crippen LogP contribution >= 0.6 is 0 Å². The highest BCUT2D eigenvalue weighted by Crippen LogP contribution is 2.40. The molecule has 0 unspecified atom stereocenters. The van der Waals surface area contributed by atoms with Crippen LogP contribution in [0.3, 0.4) is 0 Å². The number of sulfonamides is 2. The highest BCUT2D eigenvalue weighted by Gasteiger charge is 2.33. The van der Waals surface area contributed by atoms with Gasteiger partial charge in [-0.3, -0.25) is 0 Å². The van der Waals surface area contributed by atoms with Crippen molar-refractivity contribution >= 4 is 20.0 Å². The van der Waals surface area contributed by atoms with Crippen LogP contribution in [0.5, 0.6) is 0 Å². The molecule has 0 radical (unpaired) electrons. The average Bonchev–Trinajstić information content (AvgIpc) is 2.42. The third-order valence-corrected chi connectivity index (χ3v) is 7.36. The summed E-state index contributed by atoms with van der Waals surface area (Å²) in [5, 5.41) is 10.8. The van der Waals surface area contributed by atoms with E-state index in [4.69, 9.17) is 10.3 Å². The van der Waals surface area contributed by atoms with Gasteiger partial charge in [-0.1, -0.05) is 0 Å². The van der Waals surface area contributed by atoms with Crippen LogP contribution < -0.4 is 10.3 Å². The van der Waals surface area contributed by atoms with E-state index in [9.17, 15) is 16.8 Å². The van der Waals surface area contributed by atoms with Gasteiger partial charge in [-0.25, -0.2) is 27.1 Å². The predicted molar refractivity (Wildman–Crippen MR) is 86.8 cm³/mol.